The molecule has 0 spiro atoms. The second-order valence-corrected chi connectivity index (χ2v) is 4.53. The van der Waals surface area contributed by atoms with Gasteiger partial charge in [0.1, 0.15) is 5.75 Å². The Morgan fingerprint density at radius 2 is 1.75 bits per heavy atom. The molecular formula is C13H16F5NO. The van der Waals surface area contributed by atoms with Crippen molar-refractivity contribution >= 4 is 0 Å². The summed E-state index contributed by atoms with van der Waals surface area (Å²) in [5.41, 5.74) is 0.391. The predicted octanol–water partition coefficient (Wildman–Crippen LogP) is 4.28. The molecule has 0 saturated heterocycles. The lowest BCUT2D eigenvalue weighted by Crippen LogP contribution is -2.33. The van der Waals surface area contributed by atoms with Crippen LogP contribution in [0.4, 0.5) is 22.0 Å². The molecule has 1 N–H and O–H groups in total. The summed E-state index contributed by atoms with van der Waals surface area (Å²) in [6.45, 7) is 0.0112. The van der Waals surface area contributed by atoms with Gasteiger partial charge in [-0.25, -0.2) is 0 Å². The van der Waals surface area contributed by atoms with Gasteiger partial charge in [-0.05, 0) is 19.9 Å². The first-order chi connectivity index (χ1) is 9.19. The summed E-state index contributed by atoms with van der Waals surface area (Å²) in [6.07, 6.45) is -5.26. The van der Waals surface area contributed by atoms with Crippen LogP contribution in [-0.2, 0) is 0 Å². The average Bonchev–Trinajstić information content (AvgIpc) is 2.25. The van der Waals surface area contributed by atoms with E-state index in [1.807, 2.05) is 0 Å². The Labute approximate surface area is 113 Å². The summed E-state index contributed by atoms with van der Waals surface area (Å²) in [7, 11) is 0. The van der Waals surface area contributed by atoms with E-state index in [2.05, 4.69) is 10.1 Å². The topological polar surface area (TPSA) is 21.3 Å². The highest BCUT2D eigenvalue weighted by atomic mass is 19.4. The van der Waals surface area contributed by atoms with E-state index >= 15 is 0 Å². The average molecular weight is 297 g/mol. The van der Waals surface area contributed by atoms with Crippen LogP contribution in [0.2, 0.25) is 0 Å². The van der Waals surface area contributed by atoms with Gasteiger partial charge in [-0.1, -0.05) is 18.2 Å². The molecule has 0 radical (unpaired) electrons. The highest BCUT2D eigenvalue weighted by Crippen LogP contribution is 2.28. The minimum atomic E-state index is -4.27. The van der Waals surface area contributed by atoms with Crippen LogP contribution >= 0.6 is 0 Å². The van der Waals surface area contributed by atoms with Crippen LogP contribution in [0.3, 0.4) is 0 Å². The van der Waals surface area contributed by atoms with Crippen LogP contribution in [0, 0.1) is 0 Å². The molecule has 2 nitrogen and oxygen atoms in total. The largest absolute Gasteiger partial charge is 0.434 e. The smallest absolute Gasteiger partial charge is 0.390 e. The maximum atomic E-state index is 12.3. The van der Waals surface area contributed by atoms with Crippen molar-refractivity contribution in [2.24, 2.45) is 0 Å². The Hall–Kier alpha value is -1.37. The van der Waals surface area contributed by atoms with Crippen LogP contribution < -0.4 is 10.1 Å². The van der Waals surface area contributed by atoms with Crippen molar-refractivity contribution in [2.75, 3.05) is 0 Å². The number of para-hydroxylation sites is 1. The molecule has 0 heterocycles. The van der Waals surface area contributed by atoms with E-state index in [4.69, 9.17) is 0 Å². The van der Waals surface area contributed by atoms with E-state index in [1.54, 1.807) is 13.0 Å². The van der Waals surface area contributed by atoms with E-state index in [1.165, 1.54) is 25.1 Å². The van der Waals surface area contributed by atoms with Crippen molar-refractivity contribution in [3.63, 3.8) is 0 Å². The first-order valence-electron chi connectivity index (χ1n) is 6.05. The van der Waals surface area contributed by atoms with Crippen molar-refractivity contribution in [1.29, 1.82) is 0 Å². The fourth-order valence-corrected chi connectivity index (χ4v) is 1.96. The predicted molar refractivity (Wildman–Crippen MR) is 64.8 cm³/mol. The molecular weight excluding hydrogens is 281 g/mol. The summed E-state index contributed by atoms with van der Waals surface area (Å²) in [5, 5.41) is 2.72. The lowest BCUT2D eigenvalue weighted by atomic mass is 10.1. The van der Waals surface area contributed by atoms with Gasteiger partial charge >= 0.3 is 12.8 Å². The van der Waals surface area contributed by atoms with Crippen LogP contribution in [0.1, 0.15) is 31.9 Å². The first-order valence-corrected chi connectivity index (χ1v) is 6.05. The molecule has 0 aliphatic heterocycles. The number of benzene rings is 1. The molecule has 0 aliphatic carbocycles. The van der Waals surface area contributed by atoms with Gasteiger partial charge in [0.15, 0.2) is 0 Å². The number of halogens is 5. The fraction of sp³-hybridized carbons (Fsp3) is 0.538. The van der Waals surface area contributed by atoms with Crippen LogP contribution in [0.5, 0.6) is 5.75 Å². The number of rotatable bonds is 6. The van der Waals surface area contributed by atoms with Crippen LogP contribution in [0.25, 0.3) is 0 Å². The van der Waals surface area contributed by atoms with Gasteiger partial charge in [0.2, 0.25) is 0 Å². The van der Waals surface area contributed by atoms with Gasteiger partial charge in [-0.15, -0.1) is 0 Å². The van der Waals surface area contributed by atoms with Gasteiger partial charge in [0.25, 0.3) is 0 Å². The third-order valence-electron chi connectivity index (χ3n) is 2.67. The molecule has 2 unspecified atom stereocenters. The third-order valence-corrected chi connectivity index (χ3v) is 2.67. The summed E-state index contributed by atoms with van der Waals surface area (Å²) in [4.78, 5) is 0. The first kappa shape index (κ1) is 16.7. The molecule has 7 heteroatoms. The molecule has 0 fully saturated rings. The zero-order chi connectivity index (χ0) is 15.3. The number of nitrogens with one attached hydrogen (secondary N) is 1. The summed E-state index contributed by atoms with van der Waals surface area (Å²) in [5.74, 6) is -0.0401. The number of alkyl halides is 5. The Balaban J connectivity index is 2.74. The standard InChI is InChI=1S/C13H16F5NO/c1-8(7-13(16,17)18)19-9(2)10-5-3-4-6-11(10)20-12(14)15/h3-6,8-9,12,19H,7H2,1-2H3. The molecule has 20 heavy (non-hydrogen) atoms. The van der Waals surface area contributed by atoms with E-state index in [0.717, 1.165) is 0 Å². The monoisotopic (exact) mass is 297 g/mol. The molecule has 0 aromatic heterocycles. The molecule has 1 aromatic carbocycles. The molecule has 1 aromatic rings. The molecule has 1 rings (SSSR count). The zero-order valence-electron chi connectivity index (χ0n) is 11.0. The quantitative estimate of drug-likeness (QED) is 0.791. The molecule has 0 amide bonds. The lowest BCUT2D eigenvalue weighted by Gasteiger charge is -2.23. The Bertz CT molecular complexity index is 421. The zero-order valence-corrected chi connectivity index (χ0v) is 11.0. The van der Waals surface area contributed by atoms with Crippen molar-refractivity contribution < 1.29 is 26.7 Å². The van der Waals surface area contributed by atoms with Gasteiger partial charge in [-0.2, -0.15) is 22.0 Å². The van der Waals surface area contributed by atoms with E-state index in [-0.39, 0.29) is 5.75 Å². The van der Waals surface area contributed by atoms with Gasteiger partial charge in [0.05, 0.1) is 6.42 Å². The Kier molecular flexibility index (Phi) is 5.74. The number of hydrogen-bond donors (Lipinski definition) is 1. The fourth-order valence-electron chi connectivity index (χ4n) is 1.96. The molecule has 2 atom stereocenters. The maximum Gasteiger partial charge on any atom is 0.390 e. The molecule has 0 aliphatic rings. The van der Waals surface area contributed by atoms with Crippen LogP contribution in [0.15, 0.2) is 24.3 Å². The summed E-state index contributed by atoms with van der Waals surface area (Å²) < 4.78 is 65.6. The minimum absolute atomic E-state index is 0.0401. The Morgan fingerprint density at radius 1 is 1.15 bits per heavy atom. The van der Waals surface area contributed by atoms with Crippen LogP contribution in [-0.4, -0.2) is 18.8 Å². The van der Waals surface area contributed by atoms with Crippen molar-refractivity contribution in [2.45, 2.75) is 45.1 Å². The summed E-state index contributed by atoms with van der Waals surface area (Å²) in [6, 6.07) is 4.66. The molecule has 114 valence electrons. The normalized spacial score (nSPS) is 15.2. The number of ether oxygens (including phenoxy) is 1. The minimum Gasteiger partial charge on any atom is -0.434 e. The molecule has 0 bridgehead atoms. The van der Waals surface area contributed by atoms with Gasteiger partial charge in [0, 0.05) is 17.6 Å². The summed E-state index contributed by atoms with van der Waals surface area (Å²) >= 11 is 0. The maximum absolute atomic E-state index is 12.3. The van der Waals surface area contributed by atoms with E-state index in [9.17, 15) is 22.0 Å². The van der Waals surface area contributed by atoms with Gasteiger partial charge in [-0.3, -0.25) is 0 Å². The second-order valence-electron chi connectivity index (χ2n) is 4.53. The second kappa shape index (κ2) is 6.88. The van der Waals surface area contributed by atoms with Crippen molar-refractivity contribution in [3.05, 3.63) is 29.8 Å². The van der Waals surface area contributed by atoms with Crippen molar-refractivity contribution in [1.82, 2.24) is 5.32 Å². The van der Waals surface area contributed by atoms with Gasteiger partial charge < -0.3 is 10.1 Å². The van der Waals surface area contributed by atoms with E-state index in [0.29, 0.717) is 5.56 Å². The molecule has 0 saturated carbocycles. The third kappa shape index (κ3) is 5.73. The lowest BCUT2D eigenvalue weighted by molar-refractivity contribution is -0.139. The van der Waals surface area contributed by atoms with Crippen molar-refractivity contribution in [3.8, 4) is 5.75 Å². The SMILES string of the molecule is CC(CC(F)(F)F)NC(C)c1ccccc1OC(F)F. The van der Waals surface area contributed by atoms with E-state index < -0.39 is 31.3 Å². The Morgan fingerprint density at radius 3 is 2.30 bits per heavy atom. The highest BCUT2D eigenvalue weighted by molar-refractivity contribution is 5.35. The highest BCUT2D eigenvalue weighted by Gasteiger charge is 2.30. The number of hydrogen-bond acceptors (Lipinski definition) is 2.